The molecule has 2 N–H and O–H groups in total. The molecule has 0 saturated carbocycles. The molecule has 2 heterocycles. The second-order valence-corrected chi connectivity index (χ2v) is 4.44. The standard InChI is InChI=1S/C13H17N3O/c1-2-5-12-10(4-1)8-11(17-12)9-16-13-14-6-3-7-15-13/h1-2,4-5,11H,3,6-9H2,(H2,14,15,16). The Morgan fingerprint density at radius 2 is 2.35 bits per heavy atom. The highest BCUT2D eigenvalue weighted by Gasteiger charge is 2.22. The number of ether oxygens (including phenoxy) is 1. The van der Waals surface area contributed by atoms with Gasteiger partial charge in [-0.25, -0.2) is 0 Å². The van der Waals surface area contributed by atoms with Gasteiger partial charge in [-0.1, -0.05) is 18.2 Å². The maximum Gasteiger partial charge on any atom is 0.191 e. The van der Waals surface area contributed by atoms with Crippen LogP contribution in [-0.4, -0.2) is 31.7 Å². The Hall–Kier alpha value is -1.71. The topological polar surface area (TPSA) is 45.7 Å². The summed E-state index contributed by atoms with van der Waals surface area (Å²) in [6, 6.07) is 8.24. The van der Waals surface area contributed by atoms with E-state index in [9.17, 15) is 0 Å². The smallest absolute Gasteiger partial charge is 0.191 e. The Morgan fingerprint density at radius 3 is 3.18 bits per heavy atom. The van der Waals surface area contributed by atoms with E-state index in [0.29, 0.717) is 0 Å². The van der Waals surface area contributed by atoms with Crippen LogP contribution in [-0.2, 0) is 6.42 Å². The summed E-state index contributed by atoms with van der Waals surface area (Å²) in [5.74, 6) is 1.94. The Bertz CT molecular complexity index is 405. The van der Waals surface area contributed by atoms with Gasteiger partial charge in [-0.3, -0.25) is 4.99 Å². The third-order valence-electron chi connectivity index (χ3n) is 3.11. The zero-order chi connectivity index (χ0) is 11.5. The summed E-state index contributed by atoms with van der Waals surface area (Å²) in [6.45, 7) is 2.74. The molecule has 90 valence electrons. The Labute approximate surface area is 101 Å². The van der Waals surface area contributed by atoms with Crippen molar-refractivity contribution < 1.29 is 4.74 Å². The molecule has 17 heavy (non-hydrogen) atoms. The molecule has 0 amide bonds. The van der Waals surface area contributed by atoms with E-state index in [-0.39, 0.29) is 6.10 Å². The number of benzene rings is 1. The molecule has 3 rings (SSSR count). The van der Waals surface area contributed by atoms with Gasteiger partial charge in [0.05, 0.1) is 6.54 Å². The molecule has 1 aromatic carbocycles. The molecule has 4 nitrogen and oxygen atoms in total. The van der Waals surface area contributed by atoms with E-state index in [1.165, 1.54) is 5.56 Å². The average Bonchev–Trinajstić information content (AvgIpc) is 2.80. The molecule has 1 unspecified atom stereocenters. The van der Waals surface area contributed by atoms with Gasteiger partial charge in [0.1, 0.15) is 11.9 Å². The molecular weight excluding hydrogens is 214 g/mol. The van der Waals surface area contributed by atoms with Gasteiger partial charge in [-0.15, -0.1) is 0 Å². The van der Waals surface area contributed by atoms with Gasteiger partial charge < -0.3 is 15.4 Å². The summed E-state index contributed by atoms with van der Waals surface area (Å²) in [4.78, 5) is 4.38. The zero-order valence-electron chi connectivity index (χ0n) is 9.78. The van der Waals surface area contributed by atoms with Crippen LogP contribution in [0.25, 0.3) is 0 Å². The number of para-hydroxylation sites is 1. The van der Waals surface area contributed by atoms with E-state index in [4.69, 9.17) is 4.74 Å². The monoisotopic (exact) mass is 231 g/mol. The van der Waals surface area contributed by atoms with Gasteiger partial charge in [0.15, 0.2) is 5.96 Å². The maximum absolute atomic E-state index is 5.85. The largest absolute Gasteiger partial charge is 0.488 e. The normalized spacial score (nSPS) is 22.1. The molecule has 0 radical (unpaired) electrons. The first-order valence-corrected chi connectivity index (χ1v) is 6.18. The van der Waals surface area contributed by atoms with Gasteiger partial charge in [-0.05, 0) is 18.1 Å². The predicted octanol–water partition coefficient (Wildman–Crippen LogP) is 0.929. The third-order valence-corrected chi connectivity index (χ3v) is 3.11. The highest BCUT2D eigenvalue weighted by Crippen LogP contribution is 2.27. The quantitative estimate of drug-likeness (QED) is 0.796. The van der Waals surface area contributed by atoms with Crippen LogP contribution in [0, 0.1) is 0 Å². The molecular formula is C13H17N3O. The molecule has 0 fully saturated rings. The molecule has 0 bridgehead atoms. The van der Waals surface area contributed by atoms with Gasteiger partial charge in [0, 0.05) is 19.5 Å². The minimum absolute atomic E-state index is 0.221. The second kappa shape index (κ2) is 4.65. The lowest BCUT2D eigenvalue weighted by Gasteiger charge is -2.18. The molecule has 2 aliphatic heterocycles. The van der Waals surface area contributed by atoms with Gasteiger partial charge >= 0.3 is 0 Å². The summed E-state index contributed by atoms with van der Waals surface area (Å²) < 4.78 is 5.85. The highest BCUT2D eigenvalue weighted by atomic mass is 16.5. The van der Waals surface area contributed by atoms with Crippen molar-refractivity contribution in [2.45, 2.75) is 18.9 Å². The molecule has 4 heteroatoms. The van der Waals surface area contributed by atoms with Crippen LogP contribution in [0.1, 0.15) is 12.0 Å². The number of fused-ring (bicyclic) bond motifs is 1. The summed E-state index contributed by atoms with van der Waals surface area (Å²) in [5.41, 5.74) is 1.30. The molecule has 0 spiro atoms. The first-order chi connectivity index (χ1) is 8.42. The molecule has 0 aliphatic carbocycles. The van der Waals surface area contributed by atoms with Crippen molar-refractivity contribution in [2.24, 2.45) is 4.99 Å². The summed E-state index contributed by atoms with van der Waals surface area (Å²) in [5, 5.41) is 6.56. The van der Waals surface area contributed by atoms with E-state index in [1.54, 1.807) is 0 Å². The highest BCUT2D eigenvalue weighted by molar-refractivity contribution is 5.80. The fraction of sp³-hybridized carbons (Fsp3) is 0.462. The SMILES string of the molecule is c1ccc2c(c1)CC(CNC1=NCCCN1)O2. The first-order valence-electron chi connectivity index (χ1n) is 6.18. The zero-order valence-corrected chi connectivity index (χ0v) is 9.78. The van der Waals surface area contributed by atoms with Crippen LogP contribution in [0.5, 0.6) is 5.75 Å². The fourth-order valence-electron chi connectivity index (χ4n) is 2.23. The molecule has 0 aromatic heterocycles. The number of guanidine groups is 1. The van der Waals surface area contributed by atoms with Crippen molar-refractivity contribution in [1.29, 1.82) is 0 Å². The van der Waals surface area contributed by atoms with E-state index in [2.05, 4.69) is 27.8 Å². The summed E-state index contributed by atoms with van der Waals surface area (Å²) >= 11 is 0. The van der Waals surface area contributed by atoms with Crippen LogP contribution >= 0.6 is 0 Å². The average molecular weight is 231 g/mol. The summed E-state index contributed by atoms with van der Waals surface area (Å²) in [7, 11) is 0. The van der Waals surface area contributed by atoms with E-state index in [0.717, 1.165) is 44.2 Å². The van der Waals surface area contributed by atoms with Gasteiger partial charge in [-0.2, -0.15) is 0 Å². The number of nitrogens with one attached hydrogen (secondary N) is 2. The lowest BCUT2D eigenvalue weighted by molar-refractivity contribution is 0.234. The Balaban J connectivity index is 1.54. The van der Waals surface area contributed by atoms with Crippen LogP contribution in [0.2, 0.25) is 0 Å². The second-order valence-electron chi connectivity index (χ2n) is 4.44. The number of aliphatic imine (C=N–C) groups is 1. The van der Waals surface area contributed by atoms with Crippen molar-refractivity contribution in [3.8, 4) is 5.75 Å². The van der Waals surface area contributed by atoms with Crippen molar-refractivity contribution >= 4 is 5.96 Å². The third kappa shape index (κ3) is 2.35. The van der Waals surface area contributed by atoms with Crippen LogP contribution < -0.4 is 15.4 Å². The minimum Gasteiger partial charge on any atom is -0.488 e. The lowest BCUT2D eigenvalue weighted by Crippen LogP contribution is -2.44. The number of hydrogen-bond donors (Lipinski definition) is 2. The van der Waals surface area contributed by atoms with Crippen LogP contribution in [0.15, 0.2) is 29.3 Å². The predicted molar refractivity (Wildman–Crippen MR) is 67.5 cm³/mol. The maximum atomic E-state index is 5.85. The van der Waals surface area contributed by atoms with Gasteiger partial charge in [0.25, 0.3) is 0 Å². The van der Waals surface area contributed by atoms with Crippen molar-refractivity contribution in [2.75, 3.05) is 19.6 Å². The molecule has 0 saturated heterocycles. The minimum atomic E-state index is 0.221. The van der Waals surface area contributed by atoms with Crippen LogP contribution in [0.4, 0.5) is 0 Å². The van der Waals surface area contributed by atoms with E-state index < -0.39 is 0 Å². The van der Waals surface area contributed by atoms with Gasteiger partial charge in [0.2, 0.25) is 0 Å². The van der Waals surface area contributed by atoms with Crippen molar-refractivity contribution in [3.05, 3.63) is 29.8 Å². The number of nitrogens with zero attached hydrogens (tertiary/aromatic N) is 1. The number of hydrogen-bond acceptors (Lipinski definition) is 4. The van der Waals surface area contributed by atoms with E-state index >= 15 is 0 Å². The summed E-state index contributed by atoms with van der Waals surface area (Å²) in [6.07, 6.45) is 2.33. The Morgan fingerprint density at radius 1 is 1.41 bits per heavy atom. The van der Waals surface area contributed by atoms with Crippen LogP contribution in [0.3, 0.4) is 0 Å². The molecule has 1 aromatic rings. The van der Waals surface area contributed by atoms with E-state index in [1.807, 2.05) is 12.1 Å². The lowest BCUT2D eigenvalue weighted by atomic mass is 10.1. The first kappa shape index (κ1) is 10.4. The van der Waals surface area contributed by atoms with Crippen molar-refractivity contribution in [1.82, 2.24) is 10.6 Å². The number of rotatable bonds is 2. The fourth-order valence-corrected chi connectivity index (χ4v) is 2.23. The van der Waals surface area contributed by atoms with Crippen molar-refractivity contribution in [3.63, 3.8) is 0 Å². The Kier molecular flexibility index (Phi) is 2.86. The molecule has 2 aliphatic rings. The molecule has 1 atom stereocenters.